The molecule has 7 heteroatoms. The largest absolute Gasteiger partial charge is 0.497 e. The Labute approximate surface area is 174 Å². The summed E-state index contributed by atoms with van der Waals surface area (Å²) in [6.45, 7) is 1.95. The number of anilines is 1. The predicted octanol–water partition coefficient (Wildman–Crippen LogP) is 3.93. The molecular formula is C23H22N4O3. The third kappa shape index (κ3) is 3.82. The van der Waals surface area contributed by atoms with Crippen LogP contribution in [0.5, 0.6) is 11.5 Å². The third-order valence-corrected chi connectivity index (χ3v) is 4.83. The van der Waals surface area contributed by atoms with Crippen LogP contribution in [0.25, 0.3) is 16.9 Å². The molecular weight excluding hydrogens is 380 g/mol. The molecule has 0 aliphatic rings. The van der Waals surface area contributed by atoms with Gasteiger partial charge < -0.3 is 14.8 Å². The van der Waals surface area contributed by atoms with E-state index in [0.29, 0.717) is 17.2 Å². The molecule has 1 N–H and O–H groups in total. The summed E-state index contributed by atoms with van der Waals surface area (Å²) in [5.41, 5.74) is 4.12. The Bertz CT molecular complexity index is 1200. The predicted molar refractivity (Wildman–Crippen MR) is 115 cm³/mol. The molecule has 4 aromatic rings. The van der Waals surface area contributed by atoms with Crippen LogP contribution >= 0.6 is 0 Å². The number of hydrogen-bond acceptors (Lipinski definition) is 5. The van der Waals surface area contributed by atoms with Crippen LogP contribution in [0.3, 0.4) is 0 Å². The van der Waals surface area contributed by atoms with Gasteiger partial charge in [-0.1, -0.05) is 12.1 Å². The van der Waals surface area contributed by atoms with Gasteiger partial charge in [-0.25, -0.2) is 9.97 Å². The molecule has 0 aliphatic heterocycles. The van der Waals surface area contributed by atoms with Gasteiger partial charge in [-0.3, -0.25) is 9.36 Å². The zero-order valence-corrected chi connectivity index (χ0v) is 17.0. The first-order valence-electron chi connectivity index (χ1n) is 9.50. The summed E-state index contributed by atoms with van der Waals surface area (Å²) in [5, 5.41) is 2.89. The van der Waals surface area contributed by atoms with Crippen LogP contribution in [0.4, 0.5) is 5.69 Å². The molecule has 0 saturated carbocycles. The summed E-state index contributed by atoms with van der Waals surface area (Å²) < 4.78 is 12.5. The lowest BCUT2D eigenvalue weighted by Crippen LogP contribution is -2.15. The third-order valence-electron chi connectivity index (χ3n) is 4.83. The van der Waals surface area contributed by atoms with E-state index >= 15 is 0 Å². The number of fused-ring (bicyclic) bond motifs is 1. The number of ether oxygens (including phenoxy) is 2. The minimum Gasteiger partial charge on any atom is -0.497 e. The number of pyridine rings is 1. The highest BCUT2D eigenvalue weighted by Crippen LogP contribution is 2.29. The second-order valence-corrected chi connectivity index (χ2v) is 6.80. The molecule has 0 spiro atoms. The molecule has 2 aromatic heterocycles. The van der Waals surface area contributed by atoms with Gasteiger partial charge in [-0.2, -0.15) is 0 Å². The van der Waals surface area contributed by atoms with Gasteiger partial charge in [0, 0.05) is 18.0 Å². The van der Waals surface area contributed by atoms with Crippen LogP contribution < -0.4 is 14.8 Å². The normalized spacial score (nSPS) is 10.8. The van der Waals surface area contributed by atoms with Crippen molar-refractivity contribution in [1.29, 1.82) is 0 Å². The number of benzene rings is 2. The van der Waals surface area contributed by atoms with Gasteiger partial charge in [0.2, 0.25) is 5.91 Å². The van der Waals surface area contributed by atoms with Crippen LogP contribution in [-0.2, 0) is 11.2 Å². The van der Waals surface area contributed by atoms with Crippen molar-refractivity contribution in [2.45, 2.75) is 13.3 Å². The summed E-state index contributed by atoms with van der Waals surface area (Å²) >= 11 is 0. The Morgan fingerprint density at radius 1 is 1.07 bits per heavy atom. The van der Waals surface area contributed by atoms with E-state index in [0.717, 1.165) is 28.2 Å². The summed E-state index contributed by atoms with van der Waals surface area (Å²) in [6.07, 6.45) is 2.00. The number of methoxy groups -OCH3 is 2. The van der Waals surface area contributed by atoms with Gasteiger partial charge in [-0.15, -0.1) is 0 Å². The van der Waals surface area contributed by atoms with E-state index in [2.05, 4.69) is 15.3 Å². The Kier molecular flexibility index (Phi) is 5.34. The van der Waals surface area contributed by atoms with Crippen LogP contribution in [0.15, 0.2) is 60.8 Å². The van der Waals surface area contributed by atoms with Crippen LogP contribution in [0.1, 0.15) is 11.4 Å². The lowest BCUT2D eigenvalue weighted by atomic mass is 10.1. The van der Waals surface area contributed by atoms with Crippen LogP contribution in [0.2, 0.25) is 0 Å². The highest BCUT2D eigenvalue weighted by atomic mass is 16.5. The minimum atomic E-state index is -0.128. The maximum absolute atomic E-state index is 12.5. The van der Waals surface area contributed by atoms with E-state index in [4.69, 9.17) is 9.47 Å². The fourth-order valence-electron chi connectivity index (χ4n) is 3.38. The molecule has 0 aliphatic carbocycles. The molecule has 7 nitrogen and oxygen atoms in total. The topological polar surface area (TPSA) is 78.3 Å². The molecule has 2 aromatic carbocycles. The van der Waals surface area contributed by atoms with Crippen molar-refractivity contribution in [3.8, 4) is 17.2 Å². The van der Waals surface area contributed by atoms with E-state index in [9.17, 15) is 4.79 Å². The fraction of sp³-hybridized carbons (Fsp3) is 0.174. The van der Waals surface area contributed by atoms with Crippen molar-refractivity contribution >= 4 is 22.8 Å². The van der Waals surface area contributed by atoms with Crippen LogP contribution in [0, 0.1) is 6.92 Å². The summed E-state index contributed by atoms with van der Waals surface area (Å²) in [7, 11) is 3.14. The van der Waals surface area contributed by atoms with Crippen molar-refractivity contribution in [3.05, 3.63) is 72.2 Å². The number of rotatable bonds is 6. The quantitative estimate of drug-likeness (QED) is 0.529. The van der Waals surface area contributed by atoms with E-state index in [-0.39, 0.29) is 12.3 Å². The molecule has 0 fully saturated rings. The first-order chi connectivity index (χ1) is 14.6. The smallest absolute Gasteiger partial charge is 0.228 e. The number of amides is 1. The van der Waals surface area contributed by atoms with Crippen LogP contribution in [-0.4, -0.2) is 34.7 Å². The zero-order chi connectivity index (χ0) is 21.1. The fourth-order valence-corrected chi connectivity index (χ4v) is 3.38. The van der Waals surface area contributed by atoms with Crippen molar-refractivity contribution in [3.63, 3.8) is 0 Å². The van der Waals surface area contributed by atoms with E-state index in [1.165, 1.54) is 0 Å². The molecule has 0 saturated heterocycles. The van der Waals surface area contributed by atoms with Gasteiger partial charge in [0.1, 0.15) is 22.8 Å². The van der Waals surface area contributed by atoms with Gasteiger partial charge >= 0.3 is 0 Å². The monoisotopic (exact) mass is 402 g/mol. The lowest BCUT2D eigenvalue weighted by molar-refractivity contribution is -0.115. The number of carbonyl (C=O) groups is 1. The average Bonchev–Trinajstić information content (AvgIpc) is 3.10. The number of carbonyl (C=O) groups excluding carboxylic acids is 1. The molecule has 1 amide bonds. The number of aromatic nitrogens is 3. The molecule has 2 heterocycles. The maximum atomic E-state index is 12.5. The Balaban J connectivity index is 1.50. The van der Waals surface area contributed by atoms with Crippen molar-refractivity contribution in [2.75, 3.05) is 19.5 Å². The molecule has 0 bridgehead atoms. The number of nitrogens with zero attached hydrogens (tertiary/aromatic N) is 3. The Morgan fingerprint density at radius 2 is 1.87 bits per heavy atom. The van der Waals surface area contributed by atoms with Crippen molar-refractivity contribution in [2.24, 2.45) is 0 Å². The SMILES string of the molecule is COc1ccc(NC(=O)Cc2ccc(-n3c(C)nc4cccnc43)cc2)c(OC)c1. The maximum Gasteiger partial charge on any atom is 0.228 e. The molecule has 4 rings (SSSR count). The Hall–Kier alpha value is -3.87. The summed E-state index contributed by atoms with van der Waals surface area (Å²) in [5.74, 6) is 1.95. The zero-order valence-electron chi connectivity index (χ0n) is 17.0. The second-order valence-electron chi connectivity index (χ2n) is 6.80. The second kappa shape index (κ2) is 8.24. The number of nitrogens with one attached hydrogen (secondary N) is 1. The van der Waals surface area contributed by atoms with E-state index in [1.807, 2.05) is 47.9 Å². The minimum absolute atomic E-state index is 0.128. The Morgan fingerprint density at radius 3 is 2.60 bits per heavy atom. The highest BCUT2D eigenvalue weighted by Gasteiger charge is 2.12. The number of imidazole rings is 1. The molecule has 152 valence electrons. The lowest BCUT2D eigenvalue weighted by Gasteiger charge is -2.12. The highest BCUT2D eigenvalue weighted by molar-refractivity contribution is 5.93. The number of aryl methyl sites for hydroxylation is 1. The van der Waals surface area contributed by atoms with Gasteiger partial charge in [0.05, 0.1) is 26.3 Å². The molecule has 0 radical (unpaired) electrons. The average molecular weight is 402 g/mol. The van der Waals surface area contributed by atoms with Gasteiger partial charge in [0.15, 0.2) is 5.65 Å². The number of hydrogen-bond donors (Lipinski definition) is 1. The van der Waals surface area contributed by atoms with Gasteiger partial charge in [-0.05, 0) is 48.9 Å². The molecule has 0 unspecified atom stereocenters. The van der Waals surface area contributed by atoms with Gasteiger partial charge in [0.25, 0.3) is 0 Å². The van der Waals surface area contributed by atoms with Crippen molar-refractivity contribution in [1.82, 2.24) is 14.5 Å². The molecule has 0 atom stereocenters. The first-order valence-corrected chi connectivity index (χ1v) is 9.50. The summed E-state index contributed by atoms with van der Waals surface area (Å²) in [6, 6.07) is 16.9. The standard InChI is InChI=1S/C23H22N4O3/c1-15-25-20-5-4-12-24-23(20)27(15)17-8-6-16(7-9-17)13-22(28)26-19-11-10-18(29-2)14-21(19)30-3/h4-12,14H,13H2,1-3H3,(H,26,28). The van der Waals surface area contributed by atoms with E-state index < -0.39 is 0 Å². The van der Waals surface area contributed by atoms with E-state index in [1.54, 1.807) is 38.6 Å². The van der Waals surface area contributed by atoms with Crippen molar-refractivity contribution < 1.29 is 14.3 Å². The summed E-state index contributed by atoms with van der Waals surface area (Å²) in [4.78, 5) is 21.5. The molecule has 30 heavy (non-hydrogen) atoms. The first kappa shape index (κ1) is 19.4.